The van der Waals surface area contributed by atoms with Gasteiger partial charge in [-0.05, 0) is 84.5 Å². The molecule has 0 heterocycles. The van der Waals surface area contributed by atoms with Crippen molar-refractivity contribution >= 4 is 5.57 Å². The average molecular weight is 390 g/mol. The van der Waals surface area contributed by atoms with Crippen molar-refractivity contribution in [2.45, 2.75) is 57.5 Å². The molecule has 2 aromatic carbocycles. The number of nitrogens with two attached hydrogens (primary N) is 1. The van der Waals surface area contributed by atoms with Gasteiger partial charge in [-0.1, -0.05) is 43.3 Å². The van der Waals surface area contributed by atoms with E-state index in [0.29, 0.717) is 23.5 Å². The minimum Gasteiger partial charge on any atom is -0.507 e. The van der Waals surface area contributed by atoms with Crippen molar-refractivity contribution in [1.82, 2.24) is 0 Å². The topological polar surface area (TPSA) is 66.5 Å². The van der Waals surface area contributed by atoms with Gasteiger partial charge in [0.15, 0.2) is 0 Å². The van der Waals surface area contributed by atoms with Gasteiger partial charge in [0, 0.05) is 17.3 Å². The molecule has 2 fully saturated rings. The van der Waals surface area contributed by atoms with Crippen LogP contribution >= 0.6 is 0 Å². The highest BCUT2D eigenvalue weighted by molar-refractivity contribution is 5.85. The van der Waals surface area contributed by atoms with E-state index < -0.39 is 0 Å². The minimum atomic E-state index is -0.143. The molecule has 0 spiro atoms. The van der Waals surface area contributed by atoms with Crippen LogP contribution in [0.4, 0.5) is 0 Å². The Balaban J connectivity index is 1.58. The van der Waals surface area contributed by atoms with Gasteiger partial charge in [-0.25, -0.2) is 0 Å². The molecule has 0 unspecified atom stereocenters. The maximum absolute atomic E-state index is 10.8. The first kappa shape index (κ1) is 18.7. The fourth-order valence-electron chi connectivity index (χ4n) is 6.87. The number of phenols is 1. The Hall–Kier alpha value is -2.26. The number of hydrogen-bond donors (Lipinski definition) is 3. The summed E-state index contributed by atoms with van der Waals surface area (Å²) in [5.41, 5.74) is 11.7. The van der Waals surface area contributed by atoms with Crippen LogP contribution in [0.15, 0.2) is 48.7 Å². The third-order valence-electron chi connectivity index (χ3n) is 8.36. The second-order valence-electron chi connectivity index (χ2n) is 9.53. The van der Waals surface area contributed by atoms with E-state index in [1.54, 1.807) is 6.20 Å². The maximum Gasteiger partial charge on any atom is 0.123 e. The smallest absolute Gasteiger partial charge is 0.123 e. The van der Waals surface area contributed by atoms with Gasteiger partial charge in [0.1, 0.15) is 5.75 Å². The molecule has 3 nitrogen and oxygen atoms in total. The zero-order chi connectivity index (χ0) is 20.2. The van der Waals surface area contributed by atoms with Gasteiger partial charge in [-0.15, -0.1) is 0 Å². The molecule has 3 heteroatoms. The first-order chi connectivity index (χ1) is 14.0. The number of rotatable bonds is 2. The summed E-state index contributed by atoms with van der Waals surface area (Å²) in [6.07, 6.45) is 7.91. The molecule has 0 bridgehead atoms. The zero-order valence-electron chi connectivity index (χ0n) is 17.1. The SMILES string of the molecule is C[C@]12CC[C@@H]3c4ccc(O)c(/C(=C/N)c5ccccc5)c4CC[C@H]3[C@@H]1CC[C@@H]2O. The third-order valence-corrected chi connectivity index (χ3v) is 8.36. The van der Waals surface area contributed by atoms with Crippen molar-refractivity contribution in [3.05, 3.63) is 70.9 Å². The molecule has 3 aliphatic rings. The Kier molecular flexibility index (Phi) is 4.47. The molecule has 3 aliphatic carbocycles. The fourth-order valence-corrected chi connectivity index (χ4v) is 6.87. The normalized spacial score (nSPS) is 33.7. The van der Waals surface area contributed by atoms with E-state index in [-0.39, 0.29) is 11.5 Å². The molecule has 5 atom stereocenters. The van der Waals surface area contributed by atoms with Gasteiger partial charge in [0.05, 0.1) is 6.10 Å². The molecule has 152 valence electrons. The molecule has 2 saturated carbocycles. The molecule has 0 amide bonds. The van der Waals surface area contributed by atoms with Crippen LogP contribution in [0.2, 0.25) is 0 Å². The summed E-state index contributed by atoms with van der Waals surface area (Å²) in [4.78, 5) is 0. The number of aromatic hydroxyl groups is 1. The minimum absolute atomic E-state index is 0.0881. The predicted molar refractivity (Wildman–Crippen MR) is 116 cm³/mol. The highest BCUT2D eigenvalue weighted by Gasteiger charge is 2.54. The summed E-state index contributed by atoms with van der Waals surface area (Å²) < 4.78 is 0. The standard InChI is InChI=1S/C26H31NO2/c1-26-14-13-18-17-9-11-23(28)25(21(15-27)16-5-3-2-4-6-16)20(17)8-7-19(18)22(26)10-12-24(26)29/h2-6,9,11,15,18-19,22,24,28-29H,7-8,10,12-14,27H2,1H3/b21-15+/t18-,19-,22+,24+,26+/m1/s1. The quantitative estimate of drug-likeness (QED) is 0.680. The number of aliphatic hydroxyl groups is 1. The molecule has 2 aromatic rings. The van der Waals surface area contributed by atoms with E-state index in [1.165, 1.54) is 11.1 Å². The molecule has 0 radical (unpaired) electrons. The van der Waals surface area contributed by atoms with Crippen molar-refractivity contribution in [2.24, 2.45) is 23.0 Å². The second kappa shape index (κ2) is 6.91. The van der Waals surface area contributed by atoms with Gasteiger partial charge in [0.2, 0.25) is 0 Å². The number of phenolic OH excluding ortho intramolecular Hbond substituents is 1. The summed E-state index contributed by atoms with van der Waals surface area (Å²) in [5.74, 6) is 2.09. The Morgan fingerprint density at radius 3 is 2.62 bits per heavy atom. The van der Waals surface area contributed by atoms with Crippen molar-refractivity contribution in [2.75, 3.05) is 0 Å². The Bertz CT molecular complexity index is 951. The van der Waals surface area contributed by atoms with Crippen LogP contribution in [0.3, 0.4) is 0 Å². The summed E-state index contributed by atoms with van der Waals surface area (Å²) in [6.45, 7) is 2.31. The lowest BCUT2D eigenvalue weighted by Crippen LogP contribution is -2.44. The monoisotopic (exact) mass is 389 g/mol. The highest BCUT2D eigenvalue weighted by Crippen LogP contribution is 2.61. The lowest BCUT2D eigenvalue weighted by atomic mass is 9.55. The molecule has 0 saturated heterocycles. The van der Waals surface area contributed by atoms with Gasteiger partial charge in [-0.3, -0.25) is 0 Å². The Labute approximate surface area is 173 Å². The summed E-state index contributed by atoms with van der Waals surface area (Å²) in [6, 6.07) is 14.1. The van der Waals surface area contributed by atoms with Gasteiger partial charge in [0.25, 0.3) is 0 Å². The van der Waals surface area contributed by atoms with Crippen LogP contribution in [0, 0.1) is 17.3 Å². The Morgan fingerprint density at radius 1 is 1.07 bits per heavy atom. The van der Waals surface area contributed by atoms with Crippen molar-refractivity contribution in [1.29, 1.82) is 0 Å². The van der Waals surface area contributed by atoms with E-state index in [0.717, 1.165) is 55.2 Å². The van der Waals surface area contributed by atoms with E-state index in [1.807, 2.05) is 24.3 Å². The second-order valence-corrected chi connectivity index (χ2v) is 9.53. The van der Waals surface area contributed by atoms with Crippen molar-refractivity contribution in [3.63, 3.8) is 0 Å². The highest BCUT2D eigenvalue weighted by atomic mass is 16.3. The first-order valence-corrected chi connectivity index (χ1v) is 11.0. The molecule has 0 aromatic heterocycles. The largest absolute Gasteiger partial charge is 0.507 e. The van der Waals surface area contributed by atoms with Gasteiger partial charge in [-0.2, -0.15) is 0 Å². The lowest BCUT2D eigenvalue weighted by Gasteiger charge is -2.50. The van der Waals surface area contributed by atoms with Crippen molar-refractivity contribution in [3.8, 4) is 5.75 Å². The molecule has 5 rings (SSSR count). The molecule has 4 N–H and O–H groups in total. The molecule has 0 aliphatic heterocycles. The molecule has 29 heavy (non-hydrogen) atoms. The van der Waals surface area contributed by atoms with Crippen LogP contribution in [0.5, 0.6) is 5.75 Å². The molecular formula is C26H31NO2. The van der Waals surface area contributed by atoms with E-state index in [4.69, 9.17) is 5.73 Å². The van der Waals surface area contributed by atoms with Crippen LogP contribution in [0.25, 0.3) is 5.57 Å². The Morgan fingerprint density at radius 2 is 1.86 bits per heavy atom. The summed E-state index contributed by atoms with van der Waals surface area (Å²) in [5, 5.41) is 21.4. The van der Waals surface area contributed by atoms with Crippen LogP contribution in [-0.2, 0) is 6.42 Å². The van der Waals surface area contributed by atoms with E-state index in [9.17, 15) is 10.2 Å². The lowest BCUT2D eigenvalue weighted by molar-refractivity contribution is -0.0226. The van der Waals surface area contributed by atoms with Crippen LogP contribution < -0.4 is 5.73 Å². The summed E-state index contributed by atoms with van der Waals surface area (Å²) >= 11 is 0. The first-order valence-electron chi connectivity index (χ1n) is 11.0. The fraction of sp³-hybridized carbons (Fsp3) is 0.462. The summed E-state index contributed by atoms with van der Waals surface area (Å²) in [7, 11) is 0. The number of benzene rings is 2. The van der Waals surface area contributed by atoms with Gasteiger partial charge < -0.3 is 15.9 Å². The maximum atomic E-state index is 10.8. The zero-order valence-corrected chi connectivity index (χ0v) is 17.1. The van der Waals surface area contributed by atoms with Crippen LogP contribution in [-0.4, -0.2) is 16.3 Å². The number of fused-ring (bicyclic) bond motifs is 5. The van der Waals surface area contributed by atoms with Gasteiger partial charge >= 0.3 is 0 Å². The van der Waals surface area contributed by atoms with Crippen LogP contribution in [0.1, 0.15) is 67.2 Å². The number of hydrogen-bond acceptors (Lipinski definition) is 3. The number of aliphatic hydroxyl groups excluding tert-OH is 1. The average Bonchev–Trinajstić information content (AvgIpc) is 3.05. The van der Waals surface area contributed by atoms with Crippen molar-refractivity contribution < 1.29 is 10.2 Å². The third kappa shape index (κ3) is 2.74. The molecular weight excluding hydrogens is 358 g/mol. The predicted octanol–water partition coefficient (Wildman–Crippen LogP) is 4.96. The van der Waals surface area contributed by atoms with E-state index in [2.05, 4.69) is 25.1 Å². The van der Waals surface area contributed by atoms with E-state index >= 15 is 0 Å².